The predicted molar refractivity (Wildman–Crippen MR) is 113 cm³/mol. The van der Waals surface area contributed by atoms with E-state index in [1.165, 1.54) is 12.1 Å². The lowest BCUT2D eigenvalue weighted by Gasteiger charge is -2.07. The number of nitrogens with zero attached hydrogens (tertiary/aromatic N) is 3. The monoisotopic (exact) mass is 399 g/mol. The summed E-state index contributed by atoms with van der Waals surface area (Å²) in [7, 11) is 0. The van der Waals surface area contributed by atoms with E-state index in [1.807, 2.05) is 30.3 Å². The molecule has 0 aliphatic heterocycles. The van der Waals surface area contributed by atoms with Crippen molar-refractivity contribution in [3.8, 4) is 22.8 Å². The number of anilines is 1. The number of carbonyl (C=O) groups is 1. The maximum atomic E-state index is 12.6. The second kappa shape index (κ2) is 7.96. The molecule has 30 heavy (non-hydrogen) atoms. The molecular weight excluding hydrogens is 382 g/mol. The first-order valence-electron chi connectivity index (χ1n) is 9.16. The van der Waals surface area contributed by atoms with Crippen LogP contribution >= 0.6 is 0 Å². The Morgan fingerprint density at radius 2 is 1.73 bits per heavy atom. The Labute approximate surface area is 171 Å². The summed E-state index contributed by atoms with van der Waals surface area (Å²) in [4.78, 5) is 27.7. The molecule has 0 saturated carbocycles. The van der Waals surface area contributed by atoms with Crippen LogP contribution in [0.2, 0.25) is 0 Å². The molecule has 0 atom stereocenters. The van der Waals surface area contributed by atoms with E-state index in [1.54, 1.807) is 37.3 Å². The molecule has 0 fully saturated rings. The second-order valence-electron chi connectivity index (χ2n) is 6.68. The summed E-state index contributed by atoms with van der Waals surface area (Å²) in [6.45, 7) is 1.77. The van der Waals surface area contributed by atoms with Gasteiger partial charge in [0, 0.05) is 22.9 Å². The van der Waals surface area contributed by atoms with E-state index >= 15 is 0 Å². The highest BCUT2D eigenvalue weighted by molar-refractivity contribution is 6.07. The van der Waals surface area contributed by atoms with E-state index in [0.717, 1.165) is 16.7 Å². The molecule has 1 heterocycles. The lowest BCUT2D eigenvalue weighted by molar-refractivity contribution is -0.385. The van der Waals surface area contributed by atoms with Crippen LogP contribution < -0.4 is 5.32 Å². The van der Waals surface area contributed by atoms with Crippen LogP contribution in [0.1, 0.15) is 15.9 Å². The van der Waals surface area contributed by atoms with Gasteiger partial charge in [-0.3, -0.25) is 20.0 Å². The van der Waals surface area contributed by atoms with E-state index in [9.17, 15) is 14.9 Å². The molecule has 0 bridgehead atoms. The molecule has 1 aromatic heterocycles. The van der Waals surface area contributed by atoms with Crippen molar-refractivity contribution >= 4 is 17.3 Å². The number of benzene rings is 3. The SMILES string of the molecule is Cc1ccc([N+](=O)[O-])c(C(=O)Nc2ccc(-c3nc(-c4ccccc4)n[nH]3)cc2)c1. The minimum Gasteiger partial charge on any atom is -0.322 e. The highest BCUT2D eigenvalue weighted by Gasteiger charge is 2.20. The molecule has 1 amide bonds. The van der Waals surface area contributed by atoms with Crippen molar-refractivity contribution in [1.29, 1.82) is 0 Å². The standard InChI is InChI=1S/C22H17N5O3/c1-14-7-12-19(27(29)30)18(13-14)22(28)23-17-10-8-16(9-11-17)21-24-20(25-26-21)15-5-3-2-4-6-15/h2-13H,1H3,(H,23,28)(H,24,25,26). The Hall–Kier alpha value is -4.33. The number of hydrogen-bond acceptors (Lipinski definition) is 5. The van der Waals surface area contributed by atoms with E-state index < -0.39 is 10.8 Å². The van der Waals surface area contributed by atoms with Crippen LogP contribution in [-0.2, 0) is 0 Å². The van der Waals surface area contributed by atoms with Crippen LogP contribution in [0.5, 0.6) is 0 Å². The van der Waals surface area contributed by atoms with Gasteiger partial charge in [0.05, 0.1) is 4.92 Å². The van der Waals surface area contributed by atoms with Gasteiger partial charge in [-0.15, -0.1) is 0 Å². The Morgan fingerprint density at radius 1 is 1.00 bits per heavy atom. The molecule has 0 saturated heterocycles. The molecule has 2 N–H and O–H groups in total. The van der Waals surface area contributed by atoms with Crippen molar-refractivity contribution in [3.63, 3.8) is 0 Å². The van der Waals surface area contributed by atoms with Crippen molar-refractivity contribution in [2.45, 2.75) is 6.92 Å². The number of hydrogen-bond donors (Lipinski definition) is 2. The molecule has 3 aromatic carbocycles. The van der Waals surface area contributed by atoms with Crippen LogP contribution in [0.15, 0.2) is 72.8 Å². The molecular formula is C22H17N5O3. The lowest BCUT2D eigenvalue weighted by Crippen LogP contribution is -2.14. The molecule has 0 aliphatic carbocycles. The van der Waals surface area contributed by atoms with Crippen molar-refractivity contribution in [2.24, 2.45) is 0 Å². The zero-order valence-corrected chi connectivity index (χ0v) is 16.0. The van der Waals surface area contributed by atoms with Crippen LogP contribution in [0.25, 0.3) is 22.8 Å². The van der Waals surface area contributed by atoms with Crippen LogP contribution in [-0.4, -0.2) is 26.0 Å². The number of H-pyrrole nitrogens is 1. The molecule has 0 spiro atoms. The number of aromatic nitrogens is 3. The maximum Gasteiger partial charge on any atom is 0.282 e. The van der Waals surface area contributed by atoms with E-state index in [-0.39, 0.29) is 11.3 Å². The topological polar surface area (TPSA) is 114 Å². The van der Waals surface area contributed by atoms with E-state index in [0.29, 0.717) is 17.3 Å². The minimum absolute atomic E-state index is 0.0202. The number of rotatable bonds is 5. The summed E-state index contributed by atoms with van der Waals surface area (Å²) in [6, 6.07) is 21.0. The highest BCUT2D eigenvalue weighted by Crippen LogP contribution is 2.24. The van der Waals surface area contributed by atoms with Crippen LogP contribution in [0, 0.1) is 17.0 Å². The third-order valence-corrected chi connectivity index (χ3v) is 4.53. The molecule has 0 aliphatic rings. The first kappa shape index (κ1) is 19.0. The van der Waals surface area contributed by atoms with Crippen LogP contribution in [0.4, 0.5) is 11.4 Å². The fourth-order valence-electron chi connectivity index (χ4n) is 3.01. The van der Waals surface area contributed by atoms with Crippen molar-refractivity contribution in [2.75, 3.05) is 5.32 Å². The average molecular weight is 399 g/mol. The van der Waals surface area contributed by atoms with Gasteiger partial charge in [-0.1, -0.05) is 36.4 Å². The Morgan fingerprint density at radius 3 is 2.43 bits per heavy atom. The van der Waals surface area contributed by atoms with Gasteiger partial charge in [0.2, 0.25) is 0 Å². The van der Waals surface area contributed by atoms with Crippen molar-refractivity contribution in [3.05, 3.63) is 94.0 Å². The van der Waals surface area contributed by atoms with Gasteiger partial charge >= 0.3 is 0 Å². The Kier molecular flexibility index (Phi) is 5.04. The van der Waals surface area contributed by atoms with E-state index in [2.05, 4.69) is 20.5 Å². The first-order chi connectivity index (χ1) is 14.5. The zero-order valence-electron chi connectivity index (χ0n) is 16.0. The molecule has 4 aromatic rings. The zero-order chi connectivity index (χ0) is 21.1. The molecule has 148 valence electrons. The first-order valence-corrected chi connectivity index (χ1v) is 9.16. The smallest absolute Gasteiger partial charge is 0.282 e. The fraction of sp³-hybridized carbons (Fsp3) is 0.0455. The van der Waals surface area contributed by atoms with Gasteiger partial charge in [-0.05, 0) is 42.8 Å². The summed E-state index contributed by atoms with van der Waals surface area (Å²) in [5.41, 5.74) is 2.77. The van der Waals surface area contributed by atoms with Crippen molar-refractivity contribution in [1.82, 2.24) is 15.2 Å². The summed E-state index contributed by atoms with van der Waals surface area (Å²) in [6.07, 6.45) is 0. The lowest BCUT2D eigenvalue weighted by atomic mass is 10.1. The van der Waals surface area contributed by atoms with Gasteiger partial charge in [-0.25, -0.2) is 4.98 Å². The summed E-state index contributed by atoms with van der Waals surface area (Å²) in [5, 5.41) is 21.1. The second-order valence-corrected chi connectivity index (χ2v) is 6.68. The number of nitro benzene ring substituents is 1. The number of nitro groups is 1. The number of nitrogens with one attached hydrogen (secondary N) is 2. The average Bonchev–Trinajstić information content (AvgIpc) is 3.25. The van der Waals surface area contributed by atoms with Gasteiger partial charge in [-0.2, -0.15) is 5.10 Å². The quantitative estimate of drug-likeness (QED) is 0.376. The highest BCUT2D eigenvalue weighted by atomic mass is 16.6. The molecule has 0 unspecified atom stereocenters. The summed E-state index contributed by atoms with van der Waals surface area (Å²) in [5.74, 6) is 0.653. The largest absolute Gasteiger partial charge is 0.322 e. The van der Waals surface area contributed by atoms with Crippen LogP contribution in [0.3, 0.4) is 0 Å². The number of amides is 1. The van der Waals surface area contributed by atoms with Gasteiger partial charge in [0.15, 0.2) is 11.6 Å². The Bertz CT molecular complexity index is 1220. The number of aryl methyl sites for hydroxylation is 1. The maximum absolute atomic E-state index is 12.6. The molecule has 0 radical (unpaired) electrons. The van der Waals surface area contributed by atoms with Crippen molar-refractivity contribution < 1.29 is 9.72 Å². The third-order valence-electron chi connectivity index (χ3n) is 4.53. The van der Waals surface area contributed by atoms with E-state index in [4.69, 9.17) is 0 Å². The molecule has 8 nitrogen and oxygen atoms in total. The van der Waals surface area contributed by atoms with Gasteiger partial charge < -0.3 is 5.32 Å². The normalized spacial score (nSPS) is 10.6. The minimum atomic E-state index is -0.564. The van der Waals surface area contributed by atoms with Gasteiger partial charge in [0.1, 0.15) is 5.56 Å². The number of aromatic amines is 1. The Balaban J connectivity index is 1.52. The molecule has 4 rings (SSSR count). The molecule has 8 heteroatoms. The van der Waals surface area contributed by atoms with Gasteiger partial charge in [0.25, 0.3) is 11.6 Å². The number of carbonyl (C=O) groups excluding carboxylic acids is 1. The summed E-state index contributed by atoms with van der Waals surface area (Å²) < 4.78 is 0. The third kappa shape index (κ3) is 3.93. The fourth-order valence-corrected chi connectivity index (χ4v) is 3.01. The summed E-state index contributed by atoms with van der Waals surface area (Å²) >= 11 is 0. The predicted octanol–water partition coefficient (Wildman–Crippen LogP) is 4.61.